The van der Waals surface area contributed by atoms with E-state index in [1.807, 2.05) is 0 Å². The summed E-state index contributed by atoms with van der Waals surface area (Å²) in [6, 6.07) is 2.92. The molecule has 0 unspecified atom stereocenters. The van der Waals surface area contributed by atoms with Crippen molar-refractivity contribution in [2.24, 2.45) is 23.7 Å². The highest BCUT2D eigenvalue weighted by molar-refractivity contribution is 5.35. The molecule has 30 heavy (non-hydrogen) atoms. The Morgan fingerprint density at radius 1 is 0.833 bits per heavy atom. The molecule has 2 aliphatic rings. The number of allylic oxidation sites excluding steroid dienone is 2. The summed E-state index contributed by atoms with van der Waals surface area (Å²) in [5, 5.41) is 0. The van der Waals surface area contributed by atoms with Crippen LogP contribution in [-0.4, -0.2) is 13.2 Å². The molecule has 0 bridgehead atoms. The second-order valence-electron chi connectivity index (χ2n) is 9.14. The molecule has 2 aliphatic carbocycles. The van der Waals surface area contributed by atoms with Crippen LogP contribution in [0.15, 0.2) is 24.3 Å². The first-order chi connectivity index (χ1) is 14.6. The predicted molar refractivity (Wildman–Crippen MR) is 118 cm³/mol. The van der Waals surface area contributed by atoms with E-state index in [4.69, 9.17) is 9.47 Å². The second-order valence-corrected chi connectivity index (χ2v) is 9.14. The zero-order chi connectivity index (χ0) is 21.3. The molecule has 0 saturated heterocycles. The van der Waals surface area contributed by atoms with Crippen LogP contribution in [0.25, 0.3) is 0 Å². The van der Waals surface area contributed by atoms with E-state index in [0.29, 0.717) is 19.1 Å². The number of hydrogen-bond acceptors (Lipinski definition) is 2. The fourth-order valence-corrected chi connectivity index (χ4v) is 5.37. The van der Waals surface area contributed by atoms with Crippen molar-refractivity contribution in [3.8, 4) is 11.5 Å². The van der Waals surface area contributed by atoms with Crippen molar-refractivity contribution in [2.75, 3.05) is 13.2 Å². The molecular formula is C26H38F2O2. The topological polar surface area (TPSA) is 18.5 Å². The lowest BCUT2D eigenvalue weighted by atomic mass is 9.69. The van der Waals surface area contributed by atoms with Crippen molar-refractivity contribution >= 4 is 0 Å². The quantitative estimate of drug-likeness (QED) is 0.381. The van der Waals surface area contributed by atoms with E-state index in [0.717, 1.165) is 30.6 Å². The summed E-state index contributed by atoms with van der Waals surface area (Å²) in [5.74, 6) is 1.13. The van der Waals surface area contributed by atoms with E-state index >= 15 is 0 Å². The minimum Gasteiger partial charge on any atom is -0.491 e. The van der Waals surface area contributed by atoms with Crippen molar-refractivity contribution < 1.29 is 18.3 Å². The average molecular weight is 421 g/mol. The summed E-state index contributed by atoms with van der Waals surface area (Å²) in [6.07, 6.45) is 17.4. The fraction of sp³-hybridized carbons (Fsp3) is 0.692. The minimum absolute atomic E-state index is 0.00526. The maximum Gasteiger partial charge on any atom is 0.204 e. The molecule has 0 atom stereocenters. The summed E-state index contributed by atoms with van der Waals surface area (Å²) in [4.78, 5) is 0. The van der Waals surface area contributed by atoms with E-state index < -0.39 is 11.6 Å². The Hall–Kier alpha value is -1.58. The number of rotatable bonds is 9. The van der Waals surface area contributed by atoms with Crippen molar-refractivity contribution in [2.45, 2.75) is 78.1 Å². The normalized spacial score (nSPS) is 27.3. The molecule has 0 N–H and O–H groups in total. The van der Waals surface area contributed by atoms with E-state index in [1.165, 1.54) is 63.5 Å². The van der Waals surface area contributed by atoms with Gasteiger partial charge in [0, 0.05) is 0 Å². The predicted octanol–water partition coefficient (Wildman–Crippen LogP) is 7.71. The van der Waals surface area contributed by atoms with Gasteiger partial charge in [-0.15, -0.1) is 0 Å². The number of halogens is 2. The molecule has 4 heteroatoms. The molecule has 0 spiro atoms. The van der Waals surface area contributed by atoms with E-state index in [-0.39, 0.29) is 11.5 Å². The molecular weight excluding hydrogens is 382 g/mol. The van der Waals surface area contributed by atoms with E-state index in [2.05, 4.69) is 19.1 Å². The van der Waals surface area contributed by atoms with Crippen molar-refractivity contribution in [1.29, 1.82) is 0 Å². The zero-order valence-electron chi connectivity index (χ0n) is 18.7. The number of benzene rings is 1. The summed E-state index contributed by atoms with van der Waals surface area (Å²) < 4.78 is 38.9. The van der Waals surface area contributed by atoms with Crippen molar-refractivity contribution in [1.82, 2.24) is 0 Å². The third-order valence-corrected chi connectivity index (χ3v) is 7.21. The summed E-state index contributed by atoms with van der Waals surface area (Å²) in [6.45, 7) is 4.62. The molecule has 3 rings (SSSR count). The third kappa shape index (κ3) is 6.21. The molecule has 0 aliphatic heterocycles. The average Bonchev–Trinajstić information content (AvgIpc) is 2.78. The Bertz CT molecular complexity index is 672. The largest absolute Gasteiger partial charge is 0.491 e. The smallest absolute Gasteiger partial charge is 0.204 e. The fourth-order valence-electron chi connectivity index (χ4n) is 5.37. The molecule has 1 aromatic rings. The van der Waals surface area contributed by atoms with Crippen molar-refractivity contribution in [3.05, 3.63) is 35.9 Å². The highest BCUT2D eigenvalue weighted by atomic mass is 19.2. The van der Waals surface area contributed by atoms with E-state index in [9.17, 15) is 8.78 Å². The molecule has 0 amide bonds. The van der Waals surface area contributed by atoms with Crippen molar-refractivity contribution in [3.63, 3.8) is 0 Å². The first-order valence-corrected chi connectivity index (χ1v) is 12.0. The summed E-state index contributed by atoms with van der Waals surface area (Å²) in [5.41, 5.74) is 0. The number of ether oxygens (including phenoxy) is 2. The Morgan fingerprint density at radius 2 is 1.37 bits per heavy atom. The lowest BCUT2D eigenvalue weighted by molar-refractivity contribution is 0.120. The van der Waals surface area contributed by atoms with Crippen LogP contribution < -0.4 is 9.47 Å². The van der Waals surface area contributed by atoms with Gasteiger partial charge in [0.2, 0.25) is 11.6 Å². The van der Waals surface area contributed by atoms with Gasteiger partial charge >= 0.3 is 0 Å². The van der Waals surface area contributed by atoms with Gasteiger partial charge in [0.05, 0.1) is 13.2 Å². The summed E-state index contributed by atoms with van der Waals surface area (Å²) in [7, 11) is 0. The van der Waals surface area contributed by atoms with Gasteiger partial charge in [0.1, 0.15) is 0 Å². The number of hydrogen-bond donors (Lipinski definition) is 0. The summed E-state index contributed by atoms with van der Waals surface area (Å²) >= 11 is 0. The van der Waals surface area contributed by atoms with Crippen LogP contribution in [0.1, 0.15) is 78.1 Å². The Kier molecular flexibility index (Phi) is 9.02. The van der Waals surface area contributed by atoms with Crippen LogP contribution in [0.4, 0.5) is 8.78 Å². The van der Waals surface area contributed by atoms with Gasteiger partial charge in [-0.25, -0.2) is 0 Å². The SMILES string of the molecule is C/C=C/CCC1CCC(C2CCC(COc3ccc(OCC)c(F)c3F)CC2)CC1. The molecule has 2 nitrogen and oxygen atoms in total. The van der Waals surface area contributed by atoms with Crippen LogP contribution in [0, 0.1) is 35.3 Å². The van der Waals surface area contributed by atoms with Gasteiger partial charge in [-0.3, -0.25) is 0 Å². The lowest BCUT2D eigenvalue weighted by Gasteiger charge is -2.37. The molecule has 168 valence electrons. The minimum atomic E-state index is -0.959. The van der Waals surface area contributed by atoms with Crippen LogP contribution >= 0.6 is 0 Å². The monoisotopic (exact) mass is 420 g/mol. The molecule has 0 radical (unpaired) electrons. The maximum absolute atomic E-state index is 14.2. The Labute approximate surface area is 181 Å². The van der Waals surface area contributed by atoms with Gasteiger partial charge in [-0.2, -0.15) is 8.78 Å². The first kappa shape index (κ1) is 23.1. The van der Waals surface area contributed by atoms with Gasteiger partial charge in [-0.1, -0.05) is 25.0 Å². The molecule has 0 heterocycles. The Balaban J connectivity index is 1.39. The zero-order valence-corrected chi connectivity index (χ0v) is 18.7. The molecule has 0 aromatic heterocycles. The maximum atomic E-state index is 14.2. The molecule has 2 fully saturated rings. The van der Waals surface area contributed by atoms with Crippen LogP contribution in [0.2, 0.25) is 0 Å². The second kappa shape index (κ2) is 11.7. The Morgan fingerprint density at radius 3 is 1.90 bits per heavy atom. The lowest BCUT2D eigenvalue weighted by Crippen LogP contribution is -2.27. The van der Waals surface area contributed by atoms with Gasteiger partial charge in [-0.05, 0) is 101 Å². The molecule has 2 saturated carbocycles. The molecule has 1 aromatic carbocycles. The third-order valence-electron chi connectivity index (χ3n) is 7.21. The highest BCUT2D eigenvalue weighted by Crippen LogP contribution is 2.42. The van der Waals surface area contributed by atoms with Crippen LogP contribution in [-0.2, 0) is 0 Å². The first-order valence-electron chi connectivity index (χ1n) is 12.0. The standard InChI is InChI=1S/C26H38F2O2/c1-3-5-6-7-19-8-12-21(13-9-19)22-14-10-20(11-15-22)18-30-24-17-16-23(29-4-2)25(27)26(24)28/h3,5,16-17,19-22H,4,6-15,18H2,1-2H3/b5-3+. The van der Waals surface area contributed by atoms with Gasteiger partial charge in [0.25, 0.3) is 0 Å². The van der Waals surface area contributed by atoms with Crippen LogP contribution in [0.5, 0.6) is 11.5 Å². The highest BCUT2D eigenvalue weighted by Gasteiger charge is 2.31. The van der Waals surface area contributed by atoms with Gasteiger partial charge < -0.3 is 9.47 Å². The van der Waals surface area contributed by atoms with E-state index in [1.54, 1.807) is 6.92 Å². The van der Waals surface area contributed by atoms with Gasteiger partial charge in [0.15, 0.2) is 11.5 Å². The van der Waals surface area contributed by atoms with Crippen LogP contribution in [0.3, 0.4) is 0 Å².